The van der Waals surface area contributed by atoms with Crippen LogP contribution in [0.15, 0.2) is 68.0 Å². The van der Waals surface area contributed by atoms with Crippen LogP contribution in [0.3, 0.4) is 0 Å². The van der Waals surface area contributed by atoms with Crippen LogP contribution in [0.5, 0.6) is 11.5 Å². The van der Waals surface area contributed by atoms with Crippen LogP contribution in [-0.4, -0.2) is 29.6 Å². The number of hydrogen-bond donors (Lipinski definition) is 0. The lowest BCUT2D eigenvalue weighted by atomic mass is 9.96. The van der Waals surface area contributed by atoms with Gasteiger partial charge in [0.1, 0.15) is 11.5 Å². The minimum Gasteiger partial charge on any atom is -0.466 e. The van der Waals surface area contributed by atoms with Gasteiger partial charge >= 0.3 is 17.9 Å². The van der Waals surface area contributed by atoms with E-state index < -0.39 is 23.9 Å². The molecule has 1 aromatic heterocycles. The van der Waals surface area contributed by atoms with Gasteiger partial charge in [0.15, 0.2) is 4.80 Å². The summed E-state index contributed by atoms with van der Waals surface area (Å²) in [6.45, 7) is 4.27. The van der Waals surface area contributed by atoms with Crippen molar-refractivity contribution in [3.63, 3.8) is 0 Å². The molecule has 0 amide bonds. The zero-order chi connectivity index (χ0) is 26.9. The maximum absolute atomic E-state index is 13.7. The quantitative estimate of drug-likeness (QED) is 0.334. The number of esters is 3. The molecule has 1 aliphatic heterocycles. The Hall–Kier alpha value is -3.83. The van der Waals surface area contributed by atoms with E-state index >= 15 is 0 Å². The summed E-state index contributed by atoms with van der Waals surface area (Å²) in [4.78, 5) is 54.3. The molecule has 0 spiro atoms. The summed E-state index contributed by atoms with van der Waals surface area (Å²) in [6.07, 6.45) is 1.62. The Morgan fingerprint density at radius 2 is 1.73 bits per heavy atom. The van der Waals surface area contributed by atoms with Crippen LogP contribution in [0.1, 0.15) is 37.9 Å². The van der Waals surface area contributed by atoms with Gasteiger partial charge in [0.05, 0.1) is 29.0 Å². The van der Waals surface area contributed by atoms with Crippen molar-refractivity contribution >= 4 is 51.3 Å². The van der Waals surface area contributed by atoms with E-state index in [4.69, 9.17) is 14.2 Å². The fourth-order valence-electron chi connectivity index (χ4n) is 3.91. The second-order valence-electron chi connectivity index (χ2n) is 8.01. The van der Waals surface area contributed by atoms with Crippen LogP contribution in [0.25, 0.3) is 6.08 Å². The van der Waals surface area contributed by atoms with Gasteiger partial charge in [-0.3, -0.25) is 19.0 Å². The third-order valence-corrected chi connectivity index (χ3v) is 6.87. The van der Waals surface area contributed by atoms with Crippen LogP contribution >= 0.6 is 27.3 Å². The fourth-order valence-corrected chi connectivity index (χ4v) is 5.33. The molecule has 1 atom stereocenters. The molecule has 0 fully saturated rings. The molecule has 0 saturated carbocycles. The van der Waals surface area contributed by atoms with E-state index in [1.165, 1.54) is 25.5 Å². The number of benzene rings is 2. The summed E-state index contributed by atoms with van der Waals surface area (Å²) >= 11 is 4.55. The molecular formula is C26H21BrN2O7S. The Bertz CT molecular complexity index is 1630. The zero-order valence-electron chi connectivity index (χ0n) is 20.2. The number of carbonyl (C=O) groups is 3. The zero-order valence-corrected chi connectivity index (χ0v) is 22.6. The molecule has 0 aliphatic carbocycles. The highest BCUT2D eigenvalue weighted by Gasteiger charge is 2.33. The first-order valence-electron chi connectivity index (χ1n) is 11.0. The van der Waals surface area contributed by atoms with Gasteiger partial charge in [-0.2, -0.15) is 0 Å². The number of carbonyl (C=O) groups excluding carboxylic acids is 3. The molecule has 9 nitrogen and oxygen atoms in total. The van der Waals surface area contributed by atoms with Gasteiger partial charge in [0.2, 0.25) is 0 Å². The Labute approximate surface area is 223 Å². The normalized spacial score (nSPS) is 15.1. The Kier molecular flexibility index (Phi) is 7.55. The van der Waals surface area contributed by atoms with Crippen molar-refractivity contribution in [3.05, 3.63) is 89.0 Å². The molecule has 0 unspecified atom stereocenters. The van der Waals surface area contributed by atoms with Gasteiger partial charge in [-0.15, -0.1) is 0 Å². The number of nitrogens with zero attached hydrogens (tertiary/aromatic N) is 2. The summed E-state index contributed by atoms with van der Waals surface area (Å²) in [5.74, 6) is -0.947. The number of hydrogen-bond acceptors (Lipinski definition) is 9. The lowest BCUT2D eigenvalue weighted by Gasteiger charge is -2.24. The van der Waals surface area contributed by atoms with Crippen molar-refractivity contribution in [2.45, 2.75) is 26.8 Å². The molecule has 11 heteroatoms. The summed E-state index contributed by atoms with van der Waals surface area (Å²) < 4.78 is 17.9. The predicted octanol–water partition coefficient (Wildman–Crippen LogP) is 3.02. The molecule has 0 radical (unpaired) electrons. The Morgan fingerprint density at radius 3 is 2.35 bits per heavy atom. The minimum atomic E-state index is -0.826. The summed E-state index contributed by atoms with van der Waals surface area (Å²) in [6, 6.07) is 10.8. The van der Waals surface area contributed by atoms with Crippen LogP contribution in [0, 0.1) is 0 Å². The third kappa shape index (κ3) is 5.47. The predicted molar refractivity (Wildman–Crippen MR) is 139 cm³/mol. The molecule has 190 valence electrons. The highest BCUT2D eigenvalue weighted by molar-refractivity contribution is 9.10. The van der Waals surface area contributed by atoms with Crippen LogP contribution in [-0.2, 0) is 19.1 Å². The van der Waals surface area contributed by atoms with Crippen LogP contribution in [0.4, 0.5) is 0 Å². The third-order valence-electron chi connectivity index (χ3n) is 5.40. The van der Waals surface area contributed by atoms with Gasteiger partial charge in [0, 0.05) is 23.9 Å². The number of ether oxygens (including phenoxy) is 3. The molecule has 3 aromatic rings. The van der Waals surface area contributed by atoms with Gasteiger partial charge < -0.3 is 14.2 Å². The monoisotopic (exact) mass is 584 g/mol. The highest BCUT2D eigenvalue weighted by atomic mass is 79.9. The molecule has 0 saturated heterocycles. The molecule has 37 heavy (non-hydrogen) atoms. The van der Waals surface area contributed by atoms with E-state index in [1.54, 1.807) is 55.5 Å². The number of thiazole rings is 1. The van der Waals surface area contributed by atoms with Crippen molar-refractivity contribution in [1.82, 2.24) is 4.57 Å². The van der Waals surface area contributed by atoms with Crippen LogP contribution < -0.4 is 24.4 Å². The SMILES string of the molecule is COC(=O)C1=C(C)N=c2s/c(=C/c3cc(Br)ccc3OC(C)=O)c(=O)n2[C@H]1c1ccc(OC(C)=O)cc1. The number of halogens is 1. The standard InChI is InChI=1S/C26H21BrN2O7S/c1-13-22(25(33)34-4)23(16-5-8-19(9-6-16)35-14(2)30)29-24(32)21(37-26(29)28-13)12-17-11-18(27)7-10-20(17)36-15(3)31/h5-12,23H,1-4H3/b21-12+/t23-/m0/s1. The van der Waals surface area contributed by atoms with Crippen molar-refractivity contribution in [1.29, 1.82) is 0 Å². The largest absolute Gasteiger partial charge is 0.466 e. The summed E-state index contributed by atoms with van der Waals surface area (Å²) in [5.41, 5.74) is 1.35. The molecule has 2 aromatic carbocycles. The van der Waals surface area contributed by atoms with E-state index in [9.17, 15) is 19.2 Å². The second-order valence-corrected chi connectivity index (χ2v) is 9.94. The number of rotatable bonds is 5. The molecule has 1 aliphatic rings. The van der Waals surface area contributed by atoms with E-state index in [1.807, 2.05) is 0 Å². The Balaban J connectivity index is 1.92. The molecular weight excluding hydrogens is 564 g/mol. The summed E-state index contributed by atoms with van der Waals surface area (Å²) in [7, 11) is 1.26. The topological polar surface area (TPSA) is 113 Å². The lowest BCUT2D eigenvalue weighted by molar-refractivity contribution is -0.136. The molecule has 0 bridgehead atoms. The van der Waals surface area contributed by atoms with Gasteiger partial charge in [0.25, 0.3) is 5.56 Å². The fraction of sp³-hybridized carbons (Fsp3) is 0.192. The summed E-state index contributed by atoms with van der Waals surface area (Å²) in [5, 5.41) is 0. The van der Waals surface area contributed by atoms with E-state index in [0.717, 1.165) is 15.8 Å². The second kappa shape index (κ2) is 10.7. The Morgan fingerprint density at radius 1 is 1.05 bits per heavy atom. The van der Waals surface area contributed by atoms with Crippen molar-refractivity contribution < 1.29 is 28.6 Å². The lowest BCUT2D eigenvalue weighted by Crippen LogP contribution is -2.39. The number of methoxy groups -OCH3 is 1. The highest BCUT2D eigenvalue weighted by Crippen LogP contribution is 2.31. The maximum Gasteiger partial charge on any atom is 0.338 e. The van der Waals surface area contributed by atoms with Crippen molar-refractivity contribution in [3.8, 4) is 11.5 Å². The number of fused-ring (bicyclic) bond motifs is 1. The van der Waals surface area contributed by atoms with E-state index in [-0.39, 0.29) is 11.1 Å². The average Bonchev–Trinajstić information content (AvgIpc) is 3.13. The first-order valence-corrected chi connectivity index (χ1v) is 12.6. The van der Waals surface area contributed by atoms with Gasteiger partial charge in [-0.1, -0.05) is 39.4 Å². The van der Waals surface area contributed by atoms with Gasteiger partial charge in [-0.05, 0) is 48.9 Å². The maximum atomic E-state index is 13.7. The van der Waals surface area contributed by atoms with Crippen molar-refractivity contribution in [2.75, 3.05) is 7.11 Å². The first kappa shape index (κ1) is 26.2. The number of aromatic nitrogens is 1. The number of allylic oxidation sites excluding steroid dienone is 1. The van der Waals surface area contributed by atoms with E-state index in [0.29, 0.717) is 37.7 Å². The molecule has 4 rings (SSSR count). The average molecular weight is 585 g/mol. The smallest absolute Gasteiger partial charge is 0.338 e. The minimum absolute atomic E-state index is 0.213. The van der Waals surface area contributed by atoms with Crippen molar-refractivity contribution in [2.24, 2.45) is 4.99 Å². The van der Waals surface area contributed by atoms with E-state index in [2.05, 4.69) is 20.9 Å². The molecule has 2 heterocycles. The van der Waals surface area contributed by atoms with Crippen LogP contribution in [0.2, 0.25) is 0 Å². The first-order chi connectivity index (χ1) is 17.6. The molecule has 0 N–H and O–H groups in total. The van der Waals surface area contributed by atoms with Gasteiger partial charge in [-0.25, -0.2) is 9.79 Å².